The standard InChI is InChI=1S/C23H22F2IN5O/c24-23(25)12-18(23)31-20-14(13-27-31)1-4-19(28-20)29-21(32)16-3-2-15(26)11-17(16)30-9-7-22(5-6-22)8-10-30/h1-4,11,13,18H,5-10,12H2,(H,28,29,32)/t18-/m0/s1. The summed E-state index contributed by atoms with van der Waals surface area (Å²) in [6.45, 7) is 1.92. The van der Waals surface area contributed by atoms with Crippen LogP contribution in [0.1, 0.15) is 48.5 Å². The summed E-state index contributed by atoms with van der Waals surface area (Å²) in [4.78, 5) is 20.0. The summed E-state index contributed by atoms with van der Waals surface area (Å²) in [6, 6.07) is 8.29. The average Bonchev–Trinajstić information content (AvgIpc) is 3.62. The topological polar surface area (TPSA) is 63.1 Å². The second kappa shape index (κ2) is 7.10. The third-order valence-corrected chi connectivity index (χ3v) is 7.77. The number of nitrogens with one attached hydrogen (secondary N) is 1. The van der Waals surface area contributed by atoms with Crippen LogP contribution >= 0.6 is 22.6 Å². The molecule has 166 valence electrons. The molecule has 0 bridgehead atoms. The maximum absolute atomic E-state index is 13.6. The zero-order valence-electron chi connectivity index (χ0n) is 17.3. The molecule has 0 radical (unpaired) electrons. The number of aromatic nitrogens is 3. The molecule has 1 saturated heterocycles. The average molecular weight is 549 g/mol. The number of halogens is 3. The molecule has 1 amide bonds. The van der Waals surface area contributed by atoms with E-state index in [0.29, 0.717) is 27.8 Å². The highest BCUT2D eigenvalue weighted by Crippen LogP contribution is 2.54. The van der Waals surface area contributed by atoms with Gasteiger partial charge >= 0.3 is 0 Å². The molecule has 3 heterocycles. The first-order chi connectivity index (χ1) is 15.3. The number of fused-ring (bicyclic) bond motifs is 1. The maximum Gasteiger partial charge on any atom is 0.272 e. The van der Waals surface area contributed by atoms with Crippen molar-refractivity contribution < 1.29 is 13.6 Å². The van der Waals surface area contributed by atoms with Crippen molar-refractivity contribution in [3.8, 4) is 0 Å². The number of piperidine rings is 1. The van der Waals surface area contributed by atoms with Crippen LogP contribution in [0.2, 0.25) is 0 Å². The Hall–Kier alpha value is -2.30. The van der Waals surface area contributed by atoms with Crippen LogP contribution in [-0.4, -0.2) is 39.7 Å². The van der Waals surface area contributed by atoms with Crippen molar-refractivity contribution >= 4 is 51.0 Å². The van der Waals surface area contributed by atoms with Gasteiger partial charge in [0.15, 0.2) is 5.65 Å². The molecule has 6 rings (SSSR count). The van der Waals surface area contributed by atoms with Gasteiger partial charge in [-0.1, -0.05) is 0 Å². The molecule has 3 fully saturated rings. The molecule has 2 saturated carbocycles. The SMILES string of the molecule is O=C(Nc1ccc2cnn([C@H]3CC3(F)F)c2n1)c1ccc(I)cc1N1CCC2(CC1)CC2. The Kier molecular flexibility index (Phi) is 4.51. The van der Waals surface area contributed by atoms with E-state index in [2.05, 4.69) is 49.0 Å². The molecule has 1 atom stereocenters. The fraction of sp³-hybridized carbons (Fsp3) is 0.435. The molecular formula is C23H22F2IN5O. The molecular weight excluding hydrogens is 527 g/mol. The minimum Gasteiger partial charge on any atom is -0.371 e. The minimum atomic E-state index is -2.75. The van der Waals surface area contributed by atoms with E-state index in [1.54, 1.807) is 12.1 Å². The number of nitrogens with zero attached hydrogens (tertiary/aromatic N) is 4. The van der Waals surface area contributed by atoms with Gasteiger partial charge in [0.2, 0.25) is 0 Å². The largest absolute Gasteiger partial charge is 0.371 e. The van der Waals surface area contributed by atoms with Crippen molar-refractivity contribution in [2.24, 2.45) is 5.41 Å². The lowest BCUT2D eigenvalue weighted by molar-refractivity contribution is 0.0988. The number of anilines is 2. The predicted molar refractivity (Wildman–Crippen MR) is 126 cm³/mol. The molecule has 9 heteroatoms. The summed E-state index contributed by atoms with van der Waals surface area (Å²) < 4.78 is 29.5. The van der Waals surface area contributed by atoms with Crippen LogP contribution in [0.15, 0.2) is 36.5 Å². The summed E-state index contributed by atoms with van der Waals surface area (Å²) in [5.74, 6) is -2.67. The fourth-order valence-corrected chi connectivity index (χ4v) is 5.20. The minimum absolute atomic E-state index is 0.231. The second-order valence-electron chi connectivity index (χ2n) is 9.28. The maximum atomic E-state index is 13.6. The molecule has 1 N–H and O–H groups in total. The van der Waals surface area contributed by atoms with Crippen LogP contribution in [0.3, 0.4) is 0 Å². The highest BCUT2D eigenvalue weighted by Gasteiger charge is 2.59. The van der Waals surface area contributed by atoms with Crippen molar-refractivity contribution in [2.45, 2.75) is 44.1 Å². The van der Waals surface area contributed by atoms with Gasteiger partial charge in [-0.15, -0.1) is 0 Å². The number of rotatable bonds is 4. The highest BCUT2D eigenvalue weighted by atomic mass is 127. The van der Waals surface area contributed by atoms with Gasteiger partial charge in [-0.05, 0) is 84.0 Å². The van der Waals surface area contributed by atoms with E-state index >= 15 is 0 Å². The van der Waals surface area contributed by atoms with Gasteiger partial charge in [0, 0.05) is 28.5 Å². The van der Waals surface area contributed by atoms with Gasteiger partial charge in [0.05, 0.1) is 17.4 Å². The van der Waals surface area contributed by atoms with Gasteiger partial charge in [0.1, 0.15) is 11.9 Å². The Bertz CT molecular complexity index is 1230. The molecule has 1 aliphatic heterocycles. The number of amides is 1. The molecule has 6 nitrogen and oxygen atoms in total. The van der Waals surface area contributed by atoms with Crippen molar-refractivity contribution in [1.29, 1.82) is 0 Å². The van der Waals surface area contributed by atoms with E-state index in [1.165, 1.54) is 36.6 Å². The molecule has 2 aliphatic carbocycles. The summed E-state index contributed by atoms with van der Waals surface area (Å²) in [6.07, 6.45) is 6.31. The van der Waals surface area contributed by atoms with Crippen molar-refractivity contribution in [1.82, 2.24) is 14.8 Å². The Morgan fingerprint density at radius 2 is 1.88 bits per heavy atom. The first kappa shape index (κ1) is 20.3. The summed E-state index contributed by atoms with van der Waals surface area (Å²) >= 11 is 2.27. The molecule has 32 heavy (non-hydrogen) atoms. The first-order valence-electron chi connectivity index (χ1n) is 10.9. The predicted octanol–water partition coefficient (Wildman–Crippen LogP) is 5.25. The van der Waals surface area contributed by atoms with Crippen molar-refractivity contribution in [3.63, 3.8) is 0 Å². The number of carbonyl (C=O) groups excluding carboxylic acids is 1. The van der Waals surface area contributed by atoms with Crippen molar-refractivity contribution in [3.05, 3.63) is 45.7 Å². The molecule has 0 unspecified atom stereocenters. The van der Waals surface area contributed by atoms with E-state index in [4.69, 9.17) is 0 Å². The third kappa shape index (κ3) is 3.54. The fourth-order valence-electron chi connectivity index (χ4n) is 4.73. The number of hydrogen-bond acceptors (Lipinski definition) is 4. The highest BCUT2D eigenvalue weighted by molar-refractivity contribution is 14.1. The Balaban J connectivity index is 1.26. The van der Waals surface area contributed by atoms with Crippen LogP contribution in [-0.2, 0) is 0 Å². The van der Waals surface area contributed by atoms with Crippen LogP contribution in [0.25, 0.3) is 11.0 Å². The summed E-state index contributed by atoms with van der Waals surface area (Å²) in [7, 11) is 0. The Morgan fingerprint density at radius 3 is 2.56 bits per heavy atom. The van der Waals surface area contributed by atoms with Gasteiger partial charge in [-0.25, -0.2) is 18.4 Å². The van der Waals surface area contributed by atoms with Gasteiger partial charge in [0.25, 0.3) is 11.8 Å². The Morgan fingerprint density at radius 1 is 1.12 bits per heavy atom. The summed E-state index contributed by atoms with van der Waals surface area (Å²) in [5, 5.41) is 7.62. The number of benzene rings is 1. The molecule has 2 aromatic heterocycles. The zero-order chi connectivity index (χ0) is 22.1. The molecule has 1 aromatic carbocycles. The van der Waals surface area contributed by atoms with Gasteiger partial charge in [-0.3, -0.25) is 4.79 Å². The number of alkyl halides is 2. The monoisotopic (exact) mass is 549 g/mol. The van der Waals surface area contributed by atoms with E-state index in [1.807, 2.05) is 12.1 Å². The Labute approximate surface area is 197 Å². The molecule has 3 aromatic rings. The van der Waals surface area contributed by atoms with E-state index in [-0.39, 0.29) is 12.3 Å². The van der Waals surface area contributed by atoms with Crippen molar-refractivity contribution in [2.75, 3.05) is 23.3 Å². The van der Waals surface area contributed by atoms with E-state index in [0.717, 1.165) is 22.3 Å². The van der Waals surface area contributed by atoms with Crippen LogP contribution in [0.4, 0.5) is 20.3 Å². The van der Waals surface area contributed by atoms with Crippen LogP contribution < -0.4 is 10.2 Å². The van der Waals surface area contributed by atoms with E-state index in [9.17, 15) is 13.6 Å². The molecule has 1 spiro atoms. The molecule has 3 aliphatic rings. The lowest BCUT2D eigenvalue weighted by Crippen LogP contribution is -2.35. The second-order valence-corrected chi connectivity index (χ2v) is 10.5. The number of hydrogen-bond donors (Lipinski definition) is 1. The number of carbonyl (C=O) groups is 1. The lowest BCUT2D eigenvalue weighted by atomic mass is 9.93. The van der Waals surface area contributed by atoms with Gasteiger partial charge < -0.3 is 10.2 Å². The first-order valence-corrected chi connectivity index (χ1v) is 12.0. The number of pyridine rings is 1. The summed E-state index contributed by atoms with van der Waals surface area (Å²) in [5.41, 5.74) is 2.45. The lowest BCUT2D eigenvalue weighted by Gasteiger charge is -2.35. The van der Waals surface area contributed by atoms with Gasteiger partial charge in [-0.2, -0.15) is 5.10 Å². The van der Waals surface area contributed by atoms with Crippen LogP contribution in [0.5, 0.6) is 0 Å². The third-order valence-electron chi connectivity index (χ3n) is 7.10. The zero-order valence-corrected chi connectivity index (χ0v) is 19.5. The quantitative estimate of drug-likeness (QED) is 0.452. The van der Waals surface area contributed by atoms with Crippen LogP contribution in [0, 0.1) is 8.99 Å². The smallest absolute Gasteiger partial charge is 0.272 e. The van der Waals surface area contributed by atoms with E-state index < -0.39 is 12.0 Å². The normalized spacial score (nSPS) is 22.8.